The van der Waals surface area contributed by atoms with Crippen molar-refractivity contribution in [3.63, 3.8) is 0 Å². The minimum atomic E-state index is 0.0320. The summed E-state index contributed by atoms with van der Waals surface area (Å²) in [6, 6.07) is 18.1. The predicted octanol–water partition coefficient (Wildman–Crippen LogP) is 5.29. The minimum Gasteiger partial charge on any atom is -0.494 e. The smallest absolute Gasteiger partial charge is 0.262 e. The molecule has 0 aliphatic rings. The summed E-state index contributed by atoms with van der Waals surface area (Å²) in [5, 5.41) is 2.74. The number of aromatic nitrogens is 2. The number of benzene rings is 2. The number of thiophene rings is 1. The Morgan fingerprint density at radius 1 is 1.04 bits per heavy atom. The lowest BCUT2D eigenvalue weighted by Crippen LogP contribution is -2.20. The summed E-state index contributed by atoms with van der Waals surface area (Å²) in [6.45, 7) is 3.34. The normalized spacial score (nSPS) is 11.0. The third-order valence-electron chi connectivity index (χ3n) is 4.73. The quantitative estimate of drug-likeness (QED) is 0.403. The topological polar surface area (TPSA) is 44.1 Å². The Morgan fingerprint density at radius 2 is 1.82 bits per heavy atom. The average Bonchev–Trinajstić information content (AvgIpc) is 3.16. The first kappa shape index (κ1) is 18.4. The largest absolute Gasteiger partial charge is 0.494 e. The molecule has 0 saturated carbocycles. The zero-order chi connectivity index (χ0) is 19.3. The maximum atomic E-state index is 13.0. The summed E-state index contributed by atoms with van der Waals surface area (Å²) in [6.07, 6.45) is 3.41. The molecule has 0 amide bonds. The maximum Gasteiger partial charge on any atom is 0.262 e. The number of rotatable bonds is 7. The van der Waals surface area contributed by atoms with Gasteiger partial charge in [-0.3, -0.25) is 9.36 Å². The summed E-state index contributed by atoms with van der Waals surface area (Å²) in [5.74, 6) is 0.886. The van der Waals surface area contributed by atoms with Crippen molar-refractivity contribution in [2.75, 3.05) is 6.61 Å². The summed E-state index contributed by atoms with van der Waals surface area (Å²) >= 11 is 1.52. The van der Waals surface area contributed by atoms with Crippen LogP contribution in [0.5, 0.6) is 5.75 Å². The lowest BCUT2D eigenvalue weighted by molar-refractivity contribution is 0.303. The molecule has 4 aromatic rings. The third-order valence-corrected chi connectivity index (χ3v) is 5.61. The second kappa shape index (κ2) is 8.40. The van der Waals surface area contributed by atoms with Crippen LogP contribution in [0.4, 0.5) is 0 Å². The van der Waals surface area contributed by atoms with Crippen LogP contribution in [0.1, 0.15) is 18.4 Å². The Balaban J connectivity index is 1.42. The highest BCUT2D eigenvalue weighted by molar-refractivity contribution is 7.17. The molecule has 0 radical (unpaired) electrons. The number of hydrogen-bond donors (Lipinski definition) is 0. The first-order valence-electron chi connectivity index (χ1n) is 9.44. The molecule has 2 aromatic carbocycles. The molecule has 4 rings (SSSR count). The first-order chi connectivity index (χ1) is 13.7. The summed E-state index contributed by atoms with van der Waals surface area (Å²) < 4.78 is 7.48. The molecular weight excluding hydrogens is 368 g/mol. The molecule has 0 N–H and O–H groups in total. The van der Waals surface area contributed by atoms with Gasteiger partial charge in [0.15, 0.2) is 0 Å². The zero-order valence-electron chi connectivity index (χ0n) is 15.8. The van der Waals surface area contributed by atoms with E-state index in [0.717, 1.165) is 39.9 Å². The van der Waals surface area contributed by atoms with E-state index in [4.69, 9.17) is 4.74 Å². The fourth-order valence-corrected chi connectivity index (χ4v) is 4.07. The van der Waals surface area contributed by atoms with Crippen LogP contribution in [-0.4, -0.2) is 16.2 Å². The molecule has 0 fully saturated rings. The van der Waals surface area contributed by atoms with Crippen molar-refractivity contribution in [2.24, 2.45) is 0 Å². The molecular formula is C23H22N2O2S. The van der Waals surface area contributed by atoms with Gasteiger partial charge in [-0.15, -0.1) is 11.3 Å². The number of fused-ring (bicyclic) bond motifs is 1. The van der Waals surface area contributed by atoms with Crippen LogP contribution in [0.3, 0.4) is 0 Å². The van der Waals surface area contributed by atoms with Crippen LogP contribution in [-0.2, 0) is 6.54 Å². The second-order valence-corrected chi connectivity index (χ2v) is 7.67. The number of unbranched alkanes of at least 4 members (excludes halogenated alkanes) is 1. The van der Waals surface area contributed by atoms with E-state index in [1.54, 1.807) is 10.9 Å². The van der Waals surface area contributed by atoms with Gasteiger partial charge in [-0.1, -0.05) is 48.0 Å². The molecule has 0 aliphatic heterocycles. The van der Waals surface area contributed by atoms with E-state index in [1.807, 2.05) is 60.0 Å². The van der Waals surface area contributed by atoms with Crippen molar-refractivity contribution in [3.05, 3.63) is 82.2 Å². The zero-order valence-corrected chi connectivity index (χ0v) is 16.6. The fraction of sp³-hybridized carbons (Fsp3) is 0.217. The molecule has 142 valence electrons. The van der Waals surface area contributed by atoms with Gasteiger partial charge in [-0.2, -0.15) is 0 Å². The highest BCUT2D eigenvalue weighted by Gasteiger charge is 2.12. The van der Waals surface area contributed by atoms with Gasteiger partial charge >= 0.3 is 0 Å². The summed E-state index contributed by atoms with van der Waals surface area (Å²) in [5.41, 5.74) is 3.27. The average molecular weight is 391 g/mol. The van der Waals surface area contributed by atoms with Gasteiger partial charge in [-0.25, -0.2) is 4.98 Å². The molecule has 5 heteroatoms. The lowest BCUT2D eigenvalue weighted by atomic mass is 10.1. The van der Waals surface area contributed by atoms with E-state index in [2.05, 4.69) is 11.9 Å². The van der Waals surface area contributed by atoms with Gasteiger partial charge in [0.25, 0.3) is 5.56 Å². The summed E-state index contributed by atoms with van der Waals surface area (Å²) in [4.78, 5) is 18.3. The second-order valence-electron chi connectivity index (χ2n) is 6.81. The van der Waals surface area contributed by atoms with Crippen LogP contribution >= 0.6 is 11.3 Å². The molecule has 0 aliphatic carbocycles. The molecule has 28 heavy (non-hydrogen) atoms. The van der Waals surface area contributed by atoms with E-state index in [-0.39, 0.29) is 5.56 Å². The van der Waals surface area contributed by atoms with E-state index in [1.165, 1.54) is 16.9 Å². The monoisotopic (exact) mass is 390 g/mol. The number of aryl methyl sites for hydroxylation is 2. The summed E-state index contributed by atoms with van der Waals surface area (Å²) in [7, 11) is 0. The van der Waals surface area contributed by atoms with Crippen molar-refractivity contribution in [2.45, 2.75) is 26.3 Å². The van der Waals surface area contributed by atoms with Crippen molar-refractivity contribution in [1.29, 1.82) is 0 Å². The van der Waals surface area contributed by atoms with E-state index in [0.29, 0.717) is 13.2 Å². The van der Waals surface area contributed by atoms with Crippen molar-refractivity contribution in [3.8, 4) is 16.9 Å². The lowest BCUT2D eigenvalue weighted by Gasteiger charge is -2.08. The minimum absolute atomic E-state index is 0.0320. The number of ether oxygens (including phenoxy) is 1. The molecule has 0 atom stereocenters. The Kier molecular flexibility index (Phi) is 5.53. The molecule has 0 saturated heterocycles. The molecule has 2 heterocycles. The Hall–Kier alpha value is -2.92. The van der Waals surface area contributed by atoms with Gasteiger partial charge in [0, 0.05) is 17.5 Å². The van der Waals surface area contributed by atoms with Gasteiger partial charge in [0.05, 0.1) is 18.3 Å². The van der Waals surface area contributed by atoms with Crippen LogP contribution < -0.4 is 10.3 Å². The van der Waals surface area contributed by atoms with E-state index in [9.17, 15) is 4.79 Å². The van der Waals surface area contributed by atoms with Gasteiger partial charge in [0.2, 0.25) is 0 Å². The van der Waals surface area contributed by atoms with Gasteiger partial charge < -0.3 is 4.74 Å². The molecule has 2 aromatic heterocycles. The Morgan fingerprint density at radius 3 is 2.61 bits per heavy atom. The molecule has 0 bridgehead atoms. The standard InChI is InChI=1S/C23H22N2O2S/c1-17-9-11-19(12-10-17)27-14-6-5-13-25-16-24-22-21(23(25)26)20(15-28-22)18-7-3-2-4-8-18/h2-4,7-12,15-16H,5-6,13-14H2,1H3. The van der Waals surface area contributed by atoms with Crippen molar-refractivity contribution < 1.29 is 4.74 Å². The number of hydrogen-bond acceptors (Lipinski definition) is 4. The first-order valence-corrected chi connectivity index (χ1v) is 10.3. The maximum absolute atomic E-state index is 13.0. The van der Waals surface area contributed by atoms with Crippen LogP contribution in [0.15, 0.2) is 71.1 Å². The molecule has 0 unspecified atom stereocenters. The fourth-order valence-electron chi connectivity index (χ4n) is 3.17. The Bertz CT molecular complexity index is 1120. The predicted molar refractivity (Wildman–Crippen MR) is 115 cm³/mol. The SMILES string of the molecule is Cc1ccc(OCCCCn2cnc3scc(-c4ccccc4)c3c2=O)cc1. The molecule has 0 spiro atoms. The number of nitrogens with zero attached hydrogens (tertiary/aromatic N) is 2. The molecule has 4 nitrogen and oxygen atoms in total. The van der Waals surface area contributed by atoms with Gasteiger partial charge in [0.1, 0.15) is 10.6 Å². The van der Waals surface area contributed by atoms with Crippen molar-refractivity contribution >= 4 is 21.6 Å². The van der Waals surface area contributed by atoms with E-state index >= 15 is 0 Å². The third kappa shape index (κ3) is 3.99. The van der Waals surface area contributed by atoms with Crippen LogP contribution in [0.2, 0.25) is 0 Å². The highest BCUT2D eigenvalue weighted by atomic mass is 32.1. The Labute approximate surface area is 168 Å². The van der Waals surface area contributed by atoms with Gasteiger partial charge in [-0.05, 0) is 37.5 Å². The van der Waals surface area contributed by atoms with Crippen LogP contribution in [0, 0.1) is 6.92 Å². The van der Waals surface area contributed by atoms with Crippen LogP contribution in [0.25, 0.3) is 21.3 Å². The highest BCUT2D eigenvalue weighted by Crippen LogP contribution is 2.30. The van der Waals surface area contributed by atoms with Crippen molar-refractivity contribution in [1.82, 2.24) is 9.55 Å². The van der Waals surface area contributed by atoms with E-state index < -0.39 is 0 Å².